The Labute approximate surface area is 188 Å². The zero-order chi connectivity index (χ0) is 22.0. The second kappa shape index (κ2) is 9.23. The summed E-state index contributed by atoms with van der Waals surface area (Å²) in [5.41, 5.74) is 1.70. The molecule has 1 aliphatic heterocycles. The van der Waals surface area contributed by atoms with Crippen molar-refractivity contribution in [2.24, 2.45) is 5.92 Å². The molecule has 2 unspecified atom stereocenters. The first kappa shape index (κ1) is 21.6. The van der Waals surface area contributed by atoms with E-state index in [1.165, 1.54) is 33.1 Å². The van der Waals surface area contributed by atoms with Crippen LogP contribution in [0.2, 0.25) is 0 Å². The number of carbonyl (C=O) groups excluding carboxylic acids is 3. The van der Waals surface area contributed by atoms with Crippen LogP contribution in [0.5, 0.6) is 0 Å². The zero-order valence-corrected chi connectivity index (χ0v) is 19.0. The van der Waals surface area contributed by atoms with Crippen LogP contribution in [0, 0.1) is 5.92 Å². The lowest BCUT2D eigenvalue weighted by atomic mass is 9.90. The van der Waals surface area contributed by atoms with Crippen molar-refractivity contribution in [1.29, 1.82) is 0 Å². The third-order valence-corrected chi connectivity index (χ3v) is 7.51. The molecular formula is C22H24N2O5S2. The van der Waals surface area contributed by atoms with Gasteiger partial charge in [-0.05, 0) is 55.2 Å². The van der Waals surface area contributed by atoms with Gasteiger partial charge < -0.3 is 20.1 Å². The zero-order valence-electron chi connectivity index (χ0n) is 17.4. The number of thiophene rings is 2. The molecule has 4 rings (SSSR count). The molecule has 0 bridgehead atoms. The lowest BCUT2D eigenvalue weighted by molar-refractivity contribution is -0.139. The quantitative estimate of drug-likeness (QED) is 0.637. The topological polar surface area (TPSA) is 93.7 Å². The van der Waals surface area contributed by atoms with Crippen molar-refractivity contribution in [2.45, 2.75) is 39.2 Å². The third-order valence-electron chi connectivity index (χ3n) is 5.35. The minimum atomic E-state index is -0.656. The molecule has 0 saturated carbocycles. The molecule has 2 aromatic heterocycles. The highest BCUT2D eigenvalue weighted by Gasteiger charge is 2.35. The van der Waals surface area contributed by atoms with Crippen LogP contribution in [-0.2, 0) is 27.1 Å². The fourth-order valence-corrected chi connectivity index (χ4v) is 5.75. The van der Waals surface area contributed by atoms with E-state index in [0.29, 0.717) is 10.8 Å². The van der Waals surface area contributed by atoms with E-state index >= 15 is 0 Å². The molecule has 9 heteroatoms. The highest BCUT2D eigenvalue weighted by Crippen LogP contribution is 2.33. The van der Waals surface area contributed by atoms with Crippen LogP contribution >= 0.6 is 22.7 Å². The Kier molecular flexibility index (Phi) is 6.43. The van der Waals surface area contributed by atoms with E-state index < -0.39 is 24.0 Å². The van der Waals surface area contributed by atoms with Crippen molar-refractivity contribution in [3.8, 4) is 0 Å². The van der Waals surface area contributed by atoms with Gasteiger partial charge in [0.25, 0.3) is 0 Å². The van der Waals surface area contributed by atoms with E-state index in [9.17, 15) is 14.4 Å². The number of ether oxygens (including phenoxy) is 2. The van der Waals surface area contributed by atoms with Crippen LogP contribution in [0.15, 0.2) is 34.8 Å². The summed E-state index contributed by atoms with van der Waals surface area (Å²) in [5, 5.41) is 7.24. The molecule has 7 nitrogen and oxygen atoms in total. The number of esters is 2. The maximum Gasteiger partial charge on any atom is 0.348 e. The van der Waals surface area contributed by atoms with Crippen LogP contribution in [0.3, 0.4) is 0 Å². The molecule has 164 valence electrons. The van der Waals surface area contributed by atoms with Crippen molar-refractivity contribution < 1.29 is 23.9 Å². The van der Waals surface area contributed by atoms with Crippen LogP contribution < -0.4 is 10.6 Å². The molecule has 0 spiro atoms. The van der Waals surface area contributed by atoms with Gasteiger partial charge in [-0.2, -0.15) is 0 Å². The molecule has 2 aliphatic rings. The van der Waals surface area contributed by atoms with Crippen LogP contribution in [0.4, 0.5) is 4.79 Å². The minimum absolute atomic E-state index is 0.194. The molecule has 2 atom stereocenters. The van der Waals surface area contributed by atoms with Crippen molar-refractivity contribution >= 4 is 40.6 Å². The van der Waals surface area contributed by atoms with Gasteiger partial charge in [0.1, 0.15) is 11.5 Å². The van der Waals surface area contributed by atoms with E-state index in [2.05, 4.69) is 17.6 Å². The first-order valence-electron chi connectivity index (χ1n) is 10.3. The summed E-state index contributed by atoms with van der Waals surface area (Å²) < 4.78 is 10.7. The van der Waals surface area contributed by atoms with E-state index in [1.807, 2.05) is 23.6 Å². The SMILES string of the molecule is CCOC(=O)C1=C(COC(=O)c2cc3c(s2)CCC(C)C3)NC(=O)NC1c1cccs1. The Morgan fingerprint density at radius 2 is 2.10 bits per heavy atom. The standard InChI is InChI=1S/C22H24N2O5S2/c1-3-28-21(26)18-14(23-22(27)24-19(18)16-5-4-8-30-16)11-29-20(25)17-10-13-9-12(2)6-7-15(13)31-17/h4-5,8,10,12,19H,3,6-7,9,11H2,1-2H3,(H2,23,24,27). The van der Waals surface area contributed by atoms with Crippen molar-refractivity contribution in [2.75, 3.05) is 13.2 Å². The van der Waals surface area contributed by atoms with Crippen molar-refractivity contribution in [3.63, 3.8) is 0 Å². The summed E-state index contributed by atoms with van der Waals surface area (Å²) >= 11 is 2.89. The molecule has 0 saturated heterocycles. The van der Waals surface area contributed by atoms with Gasteiger partial charge in [-0.3, -0.25) is 0 Å². The average Bonchev–Trinajstić information content (AvgIpc) is 3.41. The molecule has 2 amide bonds. The van der Waals surface area contributed by atoms with Gasteiger partial charge in [-0.1, -0.05) is 13.0 Å². The van der Waals surface area contributed by atoms with Crippen LogP contribution in [-0.4, -0.2) is 31.2 Å². The number of amides is 2. The highest BCUT2D eigenvalue weighted by atomic mass is 32.1. The molecule has 0 radical (unpaired) electrons. The molecule has 0 fully saturated rings. The van der Waals surface area contributed by atoms with E-state index in [0.717, 1.165) is 24.1 Å². The van der Waals surface area contributed by atoms with Gasteiger partial charge in [0.05, 0.1) is 23.9 Å². The van der Waals surface area contributed by atoms with E-state index in [4.69, 9.17) is 9.47 Å². The average molecular weight is 461 g/mol. The lowest BCUT2D eigenvalue weighted by Crippen LogP contribution is -2.46. The minimum Gasteiger partial charge on any atom is -0.463 e. The number of hydrogen-bond donors (Lipinski definition) is 2. The number of nitrogens with one attached hydrogen (secondary N) is 2. The number of urea groups is 1. The first-order valence-corrected chi connectivity index (χ1v) is 12.0. The fraction of sp³-hybridized carbons (Fsp3) is 0.409. The highest BCUT2D eigenvalue weighted by molar-refractivity contribution is 7.14. The van der Waals surface area contributed by atoms with Gasteiger partial charge in [-0.25, -0.2) is 14.4 Å². The summed E-state index contributed by atoms with van der Waals surface area (Å²) in [6.07, 6.45) is 3.08. The monoisotopic (exact) mass is 460 g/mol. The van der Waals surface area contributed by atoms with Gasteiger partial charge >= 0.3 is 18.0 Å². The molecule has 2 aromatic rings. The van der Waals surface area contributed by atoms with E-state index in [1.54, 1.807) is 6.92 Å². The molecule has 0 aromatic carbocycles. The predicted octanol–water partition coefficient (Wildman–Crippen LogP) is 3.96. The van der Waals surface area contributed by atoms with Gasteiger partial charge in [0.15, 0.2) is 0 Å². The summed E-state index contributed by atoms with van der Waals surface area (Å²) in [6, 6.07) is 4.47. The van der Waals surface area contributed by atoms with Gasteiger partial charge in [-0.15, -0.1) is 22.7 Å². The Morgan fingerprint density at radius 1 is 1.26 bits per heavy atom. The van der Waals surface area contributed by atoms with Gasteiger partial charge in [0, 0.05) is 9.75 Å². The first-order chi connectivity index (χ1) is 15.0. The Bertz CT molecular complexity index is 1020. The largest absolute Gasteiger partial charge is 0.463 e. The van der Waals surface area contributed by atoms with Crippen LogP contribution in [0.25, 0.3) is 0 Å². The summed E-state index contributed by atoms with van der Waals surface area (Å²) in [6.45, 7) is 3.90. The smallest absolute Gasteiger partial charge is 0.348 e. The number of hydrogen-bond acceptors (Lipinski definition) is 7. The van der Waals surface area contributed by atoms with Crippen molar-refractivity contribution in [3.05, 3.63) is 55.0 Å². The predicted molar refractivity (Wildman–Crippen MR) is 118 cm³/mol. The second-order valence-corrected chi connectivity index (χ2v) is 9.76. The summed E-state index contributed by atoms with van der Waals surface area (Å²) in [5.74, 6) is -0.398. The molecule has 1 aliphatic carbocycles. The second-order valence-electron chi connectivity index (χ2n) is 7.64. The molecule has 31 heavy (non-hydrogen) atoms. The maximum absolute atomic E-state index is 12.7. The molecule has 3 heterocycles. The molecular weight excluding hydrogens is 436 g/mol. The summed E-state index contributed by atoms with van der Waals surface area (Å²) in [7, 11) is 0. The third kappa shape index (κ3) is 4.67. The fourth-order valence-electron chi connectivity index (χ4n) is 3.87. The normalized spacial score (nSPS) is 20.5. The molecule has 2 N–H and O–H groups in total. The number of aryl methyl sites for hydroxylation is 1. The van der Waals surface area contributed by atoms with E-state index in [-0.39, 0.29) is 24.5 Å². The maximum atomic E-state index is 12.7. The lowest BCUT2D eigenvalue weighted by Gasteiger charge is -2.28. The Balaban J connectivity index is 1.56. The number of rotatable bonds is 6. The Morgan fingerprint density at radius 3 is 2.84 bits per heavy atom. The summed E-state index contributed by atoms with van der Waals surface area (Å²) in [4.78, 5) is 40.2. The number of carbonyl (C=O) groups is 3. The number of fused-ring (bicyclic) bond motifs is 1. The van der Waals surface area contributed by atoms with Crippen molar-refractivity contribution in [1.82, 2.24) is 10.6 Å². The van der Waals surface area contributed by atoms with Gasteiger partial charge in [0.2, 0.25) is 0 Å². The van der Waals surface area contributed by atoms with Crippen LogP contribution in [0.1, 0.15) is 51.3 Å². The Hall–Kier alpha value is -2.65.